The lowest BCUT2D eigenvalue weighted by Crippen LogP contribution is -2.50. The zero-order valence-corrected chi connectivity index (χ0v) is 21.0. The molecule has 2 N–H and O–H groups in total. The van der Waals surface area contributed by atoms with Gasteiger partial charge in [0.15, 0.2) is 11.3 Å². The smallest absolute Gasteiger partial charge is 0.409 e. The zero-order valence-electron chi connectivity index (χ0n) is 18.0. The molecule has 1 fully saturated rings. The third kappa shape index (κ3) is 6.44. The molecule has 31 heavy (non-hydrogen) atoms. The number of alkyl carbamates (subject to hydrolysis) is 1. The number of methoxy groups -OCH3 is 1. The highest BCUT2D eigenvalue weighted by molar-refractivity contribution is 7.22. The molecule has 0 radical (unpaired) electrons. The zero-order chi connectivity index (χ0) is 22.8. The van der Waals surface area contributed by atoms with Crippen molar-refractivity contribution in [3.63, 3.8) is 0 Å². The van der Waals surface area contributed by atoms with E-state index in [1.165, 1.54) is 11.3 Å². The quantitative estimate of drug-likeness (QED) is 0.340. The molecule has 1 aromatic carbocycles. The first kappa shape index (κ1) is 24.5. The van der Waals surface area contributed by atoms with E-state index in [4.69, 9.17) is 44.3 Å². The van der Waals surface area contributed by atoms with Crippen LogP contribution in [0.15, 0.2) is 18.2 Å². The van der Waals surface area contributed by atoms with Crippen LogP contribution in [0.25, 0.3) is 10.2 Å². The number of hydrogen-bond acceptors (Lipinski definition) is 6. The van der Waals surface area contributed by atoms with Crippen molar-refractivity contribution < 1.29 is 14.3 Å². The number of nitrogens with one attached hydrogen (secondary N) is 2. The number of anilines is 1. The van der Waals surface area contributed by atoms with Gasteiger partial charge in [-0.1, -0.05) is 73.3 Å². The number of halogens is 3. The second-order valence-corrected chi connectivity index (χ2v) is 11.8. The average molecular weight is 509 g/mol. The van der Waals surface area contributed by atoms with Gasteiger partial charge in [-0.15, -0.1) is 0 Å². The fourth-order valence-corrected chi connectivity index (χ4v) is 5.21. The highest BCUT2D eigenvalue weighted by Gasteiger charge is 2.38. The molecule has 0 saturated heterocycles. The molecule has 0 spiro atoms. The van der Waals surface area contributed by atoms with Gasteiger partial charge in [-0.25, -0.2) is 9.78 Å². The minimum Gasteiger partial charge on any atom is -0.497 e. The van der Waals surface area contributed by atoms with Crippen molar-refractivity contribution >= 4 is 67.6 Å². The number of alkyl halides is 3. The number of ether oxygens (including phenoxy) is 2. The van der Waals surface area contributed by atoms with E-state index in [0.29, 0.717) is 22.9 Å². The van der Waals surface area contributed by atoms with Crippen LogP contribution in [-0.2, 0) is 4.74 Å². The monoisotopic (exact) mass is 507 g/mol. The molecule has 3 rings (SSSR count). The van der Waals surface area contributed by atoms with E-state index in [1.54, 1.807) is 7.11 Å². The van der Waals surface area contributed by atoms with Gasteiger partial charge in [0.1, 0.15) is 11.9 Å². The molecule has 172 valence electrons. The first-order valence-corrected chi connectivity index (χ1v) is 12.3. The summed E-state index contributed by atoms with van der Waals surface area (Å²) < 4.78 is 10.1. The second-order valence-electron chi connectivity index (χ2n) is 8.39. The Morgan fingerprint density at radius 2 is 2.03 bits per heavy atom. The van der Waals surface area contributed by atoms with Crippen molar-refractivity contribution in [2.75, 3.05) is 12.4 Å². The Morgan fingerprint density at radius 3 is 2.68 bits per heavy atom. The van der Waals surface area contributed by atoms with Crippen LogP contribution >= 0.6 is 46.1 Å². The molecule has 10 heteroatoms. The van der Waals surface area contributed by atoms with E-state index in [1.807, 2.05) is 18.2 Å². The molecule has 4 atom stereocenters. The molecule has 0 bridgehead atoms. The summed E-state index contributed by atoms with van der Waals surface area (Å²) in [6.45, 7) is 6.49. The summed E-state index contributed by atoms with van der Waals surface area (Å²) in [5, 5.41) is 6.19. The average Bonchev–Trinajstić information content (AvgIpc) is 3.08. The molecular formula is C21H28Cl3N3O3S. The normalized spacial score (nSPS) is 22.9. The van der Waals surface area contributed by atoms with Crippen molar-refractivity contribution in [2.24, 2.45) is 17.8 Å². The predicted octanol–water partition coefficient (Wildman–Crippen LogP) is 6.60. The molecule has 1 aliphatic rings. The van der Waals surface area contributed by atoms with Crippen LogP contribution in [0.1, 0.15) is 40.0 Å². The number of rotatable bonds is 6. The lowest BCUT2D eigenvalue weighted by Gasteiger charge is -2.37. The first-order chi connectivity index (χ1) is 14.6. The predicted molar refractivity (Wildman–Crippen MR) is 129 cm³/mol. The van der Waals surface area contributed by atoms with Gasteiger partial charge in [-0.3, -0.25) is 5.32 Å². The molecule has 1 aromatic heterocycles. The standard InChI is InChI=1S/C21H28Cl3N3O3S/c1-11(2)14-7-5-12(3)9-16(14)30-20(28)27-18(21(22,23)24)26-19-25-15-8-6-13(29-4)10-17(15)31-19/h6,8,10-12,14,16,18H,5,7,9H2,1-4H3,(H,25,26)(H,27,28)/t12-,14+,16-,18+/m1/s1. The number of aromatic nitrogens is 1. The van der Waals surface area contributed by atoms with Crippen LogP contribution in [0.3, 0.4) is 0 Å². The molecule has 1 saturated carbocycles. The number of carbonyl (C=O) groups excluding carboxylic acids is 1. The topological polar surface area (TPSA) is 72.5 Å². The van der Waals surface area contributed by atoms with Gasteiger partial charge in [-0.2, -0.15) is 0 Å². The van der Waals surface area contributed by atoms with Gasteiger partial charge in [-0.05, 0) is 48.8 Å². The third-order valence-corrected chi connectivity index (χ3v) is 7.28. The molecule has 6 nitrogen and oxygen atoms in total. The largest absolute Gasteiger partial charge is 0.497 e. The van der Waals surface area contributed by atoms with Gasteiger partial charge in [0.25, 0.3) is 0 Å². The lowest BCUT2D eigenvalue weighted by molar-refractivity contribution is 0.00534. The maximum Gasteiger partial charge on any atom is 0.409 e. The molecular weight excluding hydrogens is 481 g/mol. The van der Waals surface area contributed by atoms with Crippen molar-refractivity contribution in [3.8, 4) is 5.75 Å². The van der Waals surface area contributed by atoms with Crippen LogP contribution in [0.4, 0.5) is 9.93 Å². The maximum atomic E-state index is 12.7. The van der Waals surface area contributed by atoms with Gasteiger partial charge < -0.3 is 14.8 Å². The molecule has 0 unspecified atom stereocenters. The van der Waals surface area contributed by atoms with Gasteiger partial charge in [0.2, 0.25) is 3.79 Å². The van der Waals surface area contributed by atoms with E-state index < -0.39 is 16.1 Å². The number of carbonyl (C=O) groups is 1. The number of hydrogen-bond donors (Lipinski definition) is 2. The first-order valence-electron chi connectivity index (χ1n) is 10.3. The molecule has 0 aliphatic heterocycles. The van der Waals surface area contributed by atoms with E-state index in [-0.39, 0.29) is 6.10 Å². The number of thiazole rings is 1. The molecule has 2 aromatic rings. The Labute approximate surface area is 201 Å². The number of amides is 1. The van der Waals surface area contributed by atoms with E-state index in [0.717, 1.165) is 35.2 Å². The van der Waals surface area contributed by atoms with Gasteiger partial charge in [0.05, 0.1) is 17.3 Å². The highest BCUT2D eigenvalue weighted by Crippen LogP contribution is 2.37. The van der Waals surface area contributed by atoms with Crippen LogP contribution in [-0.4, -0.2) is 34.2 Å². The summed E-state index contributed by atoms with van der Waals surface area (Å²) in [5.41, 5.74) is 0.773. The Bertz CT molecular complexity index is 903. The Balaban J connectivity index is 1.70. The summed E-state index contributed by atoms with van der Waals surface area (Å²) in [4.78, 5) is 17.2. The van der Waals surface area contributed by atoms with Crippen molar-refractivity contribution in [3.05, 3.63) is 18.2 Å². The van der Waals surface area contributed by atoms with Crippen LogP contribution < -0.4 is 15.4 Å². The molecule has 1 amide bonds. The minimum atomic E-state index is -1.81. The fraction of sp³-hybridized carbons (Fsp3) is 0.619. The van der Waals surface area contributed by atoms with Gasteiger partial charge in [0, 0.05) is 0 Å². The Kier molecular flexibility index (Phi) is 8.05. The second kappa shape index (κ2) is 10.2. The molecule has 1 aliphatic carbocycles. The van der Waals surface area contributed by atoms with Crippen molar-refractivity contribution in [1.29, 1.82) is 0 Å². The summed E-state index contributed by atoms with van der Waals surface area (Å²) in [7, 11) is 1.60. The maximum absolute atomic E-state index is 12.7. The van der Waals surface area contributed by atoms with Crippen molar-refractivity contribution in [1.82, 2.24) is 10.3 Å². The third-order valence-electron chi connectivity index (χ3n) is 5.67. The SMILES string of the molecule is COc1ccc2nc(N[C@@H](NC(=O)O[C@@H]3C[C@H](C)CC[C@H]3C(C)C)C(Cl)(Cl)Cl)sc2c1. The summed E-state index contributed by atoms with van der Waals surface area (Å²) in [6, 6.07) is 5.54. The lowest BCUT2D eigenvalue weighted by atomic mass is 9.75. The summed E-state index contributed by atoms with van der Waals surface area (Å²) in [6.07, 6.45) is 1.22. The number of fused-ring (bicyclic) bond motifs is 1. The van der Waals surface area contributed by atoms with Crippen LogP contribution in [0.5, 0.6) is 5.75 Å². The van der Waals surface area contributed by atoms with E-state index in [2.05, 4.69) is 36.4 Å². The van der Waals surface area contributed by atoms with Crippen molar-refractivity contribution in [2.45, 2.75) is 56.1 Å². The van der Waals surface area contributed by atoms with Gasteiger partial charge >= 0.3 is 6.09 Å². The van der Waals surface area contributed by atoms with Crippen LogP contribution in [0, 0.1) is 17.8 Å². The minimum absolute atomic E-state index is 0.158. The van der Waals surface area contributed by atoms with E-state index in [9.17, 15) is 4.79 Å². The Morgan fingerprint density at radius 1 is 1.29 bits per heavy atom. The highest BCUT2D eigenvalue weighted by atomic mass is 35.6. The fourth-order valence-electron chi connectivity index (χ4n) is 3.96. The Hall–Kier alpha value is -1.15. The van der Waals surface area contributed by atoms with Crippen LogP contribution in [0.2, 0.25) is 0 Å². The number of benzene rings is 1. The number of nitrogens with zero attached hydrogens (tertiary/aromatic N) is 1. The summed E-state index contributed by atoms with van der Waals surface area (Å²) in [5.74, 6) is 1.98. The summed E-state index contributed by atoms with van der Waals surface area (Å²) >= 11 is 19.8. The molecule has 1 heterocycles. The van der Waals surface area contributed by atoms with E-state index >= 15 is 0 Å².